The van der Waals surface area contributed by atoms with Crippen LogP contribution in [0.15, 0.2) is 23.6 Å². The van der Waals surface area contributed by atoms with Crippen LogP contribution in [0, 0.1) is 0 Å². The first-order valence-electron chi connectivity index (χ1n) is 11.4. The number of likely N-dealkylation sites (N-methyl/N-ethyl adjacent to an activating group) is 1. The molecular weight excluding hydrogens is 426 g/mol. The van der Waals surface area contributed by atoms with E-state index in [-0.39, 0.29) is 36.0 Å². The third kappa shape index (κ3) is 4.57. The van der Waals surface area contributed by atoms with Crippen LogP contribution < -0.4 is 10.6 Å². The number of amides is 3. The third-order valence-corrected chi connectivity index (χ3v) is 7.59. The average molecular weight is 458 g/mol. The van der Waals surface area contributed by atoms with Crippen LogP contribution in [0.1, 0.15) is 71.3 Å². The zero-order valence-electron chi connectivity index (χ0n) is 18.7. The molecule has 32 heavy (non-hydrogen) atoms. The minimum absolute atomic E-state index is 0.147. The second-order valence-corrected chi connectivity index (χ2v) is 9.99. The zero-order chi connectivity index (χ0) is 22.7. The Balaban J connectivity index is 1.44. The molecule has 2 aliphatic rings. The van der Waals surface area contributed by atoms with Crippen LogP contribution in [0.2, 0.25) is 0 Å². The number of hydrogen-bond donors (Lipinski definition) is 2. The molecule has 1 atom stereocenters. The molecule has 1 aliphatic carbocycles. The summed E-state index contributed by atoms with van der Waals surface area (Å²) in [6, 6.07) is 5.68. The SMILES string of the molecule is CN1C(=O)c2cc(C(=O)NCCc3cccs3)nn2C[C@]1(C)C(=O)NC1CCCCCC1. The minimum Gasteiger partial charge on any atom is -0.351 e. The van der Waals surface area contributed by atoms with E-state index in [0.29, 0.717) is 12.2 Å². The highest BCUT2D eigenvalue weighted by Gasteiger charge is 2.46. The molecule has 0 bridgehead atoms. The number of aromatic nitrogens is 2. The van der Waals surface area contributed by atoms with E-state index < -0.39 is 5.54 Å². The Labute approximate surface area is 192 Å². The summed E-state index contributed by atoms with van der Waals surface area (Å²) in [7, 11) is 1.65. The van der Waals surface area contributed by atoms with Gasteiger partial charge in [0.1, 0.15) is 11.2 Å². The van der Waals surface area contributed by atoms with Gasteiger partial charge in [-0.3, -0.25) is 19.1 Å². The van der Waals surface area contributed by atoms with E-state index in [1.807, 2.05) is 17.5 Å². The van der Waals surface area contributed by atoms with Crippen molar-refractivity contribution in [1.29, 1.82) is 0 Å². The van der Waals surface area contributed by atoms with Crippen LogP contribution in [0.5, 0.6) is 0 Å². The maximum Gasteiger partial charge on any atom is 0.272 e. The maximum atomic E-state index is 13.2. The maximum absolute atomic E-state index is 13.2. The molecule has 172 valence electrons. The van der Waals surface area contributed by atoms with E-state index in [2.05, 4.69) is 15.7 Å². The largest absolute Gasteiger partial charge is 0.351 e. The summed E-state index contributed by atoms with van der Waals surface area (Å²) in [6.45, 7) is 2.48. The molecule has 0 unspecified atom stereocenters. The third-order valence-electron chi connectivity index (χ3n) is 6.65. The van der Waals surface area contributed by atoms with Crippen LogP contribution in [0.4, 0.5) is 0 Å². The van der Waals surface area contributed by atoms with Crippen LogP contribution in [-0.2, 0) is 17.8 Å². The van der Waals surface area contributed by atoms with E-state index in [4.69, 9.17) is 0 Å². The van der Waals surface area contributed by atoms with Gasteiger partial charge >= 0.3 is 0 Å². The highest BCUT2D eigenvalue weighted by Crippen LogP contribution is 2.27. The number of nitrogens with zero attached hydrogens (tertiary/aromatic N) is 3. The predicted molar refractivity (Wildman–Crippen MR) is 123 cm³/mol. The molecule has 1 fully saturated rings. The van der Waals surface area contributed by atoms with Gasteiger partial charge in [0.05, 0.1) is 6.54 Å². The lowest BCUT2D eigenvalue weighted by atomic mass is 9.95. The van der Waals surface area contributed by atoms with Gasteiger partial charge in [-0.25, -0.2) is 0 Å². The summed E-state index contributed by atoms with van der Waals surface area (Å²) in [6.07, 6.45) is 7.34. The number of hydrogen-bond acceptors (Lipinski definition) is 5. The zero-order valence-corrected chi connectivity index (χ0v) is 19.5. The van der Waals surface area contributed by atoms with Crippen molar-refractivity contribution in [3.05, 3.63) is 39.8 Å². The van der Waals surface area contributed by atoms with Gasteiger partial charge in [0.2, 0.25) is 5.91 Å². The van der Waals surface area contributed by atoms with Crippen molar-refractivity contribution in [2.75, 3.05) is 13.6 Å². The van der Waals surface area contributed by atoms with Crippen molar-refractivity contribution in [2.24, 2.45) is 0 Å². The molecular formula is C23H31N5O3S. The number of thiophene rings is 1. The van der Waals surface area contributed by atoms with Crippen molar-refractivity contribution in [3.8, 4) is 0 Å². The first-order valence-corrected chi connectivity index (χ1v) is 12.2. The predicted octanol–water partition coefficient (Wildman–Crippen LogP) is 2.60. The van der Waals surface area contributed by atoms with Gasteiger partial charge in [0.25, 0.3) is 11.8 Å². The fourth-order valence-electron chi connectivity index (χ4n) is 4.45. The number of carbonyl (C=O) groups is 3. The van der Waals surface area contributed by atoms with Gasteiger partial charge in [-0.15, -0.1) is 11.3 Å². The van der Waals surface area contributed by atoms with Crippen LogP contribution in [0.25, 0.3) is 0 Å². The summed E-state index contributed by atoms with van der Waals surface area (Å²) >= 11 is 1.65. The summed E-state index contributed by atoms with van der Waals surface area (Å²) < 4.78 is 1.50. The molecule has 0 saturated heterocycles. The molecule has 4 rings (SSSR count). The molecule has 3 heterocycles. The molecule has 2 N–H and O–H groups in total. The lowest BCUT2D eigenvalue weighted by Crippen LogP contribution is -2.63. The lowest BCUT2D eigenvalue weighted by molar-refractivity contribution is -0.133. The molecule has 2 aromatic heterocycles. The molecule has 0 radical (unpaired) electrons. The van der Waals surface area contributed by atoms with Crippen molar-refractivity contribution >= 4 is 29.1 Å². The van der Waals surface area contributed by atoms with Gasteiger partial charge in [0.15, 0.2) is 5.69 Å². The van der Waals surface area contributed by atoms with Crippen molar-refractivity contribution in [3.63, 3.8) is 0 Å². The van der Waals surface area contributed by atoms with E-state index in [0.717, 1.165) is 32.1 Å². The molecule has 3 amide bonds. The Hall–Kier alpha value is -2.68. The molecule has 0 spiro atoms. The van der Waals surface area contributed by atoms with Crippen molar-refractivity contribution in [2.45, 2.75) is 70.0 Å². The van der Waals surface area contributed by atoms with Gasteiger partial charge in [-0.1, -0.05) is 31.7 Å². The summed E-state index contributed by atoms with van der Waals surface area (Å²) in [5.74, 6) is -0.785. The highest BCUT2D eigenvalue weighted by atomic mass is 32.1. The van der Waals surface area contributed by atoms with Crippen LogP contribution >= 0.6 is 11.3 Å². The van der Waals surface area contributed by atoms with Gasteiger partial charge in [-0.05, 0) is 37.6 Å². The van der Waals surface area contributed by atoms with Crippen LogP contribution in [-0.4, -0.2) is 57.6 Å². The number of fused-ring (bicyclic) bond motifs is 1. The second-order valence-electron chi connectivity index (χ2n) is 8.96. The monoisotopic (exact) mass is 457 g/mol. The standard InChI is InChI=1S/C23H31N5O3S/c1-23(22(31)25-16-8-5-3-4-6-9-16)15-28-19(21(30)27(23)2)14-18(26-28)20(29)24-12-11-17-10-7-13-32-17/h7,10,13-14,16H,3-6,8-9,11-12,15H2,1-2H3,(H,24,29)(H,25,31)/t23-/m1/s1. The number of rotatable bonds is 6. The molecule has 8 nitrogen and oxygen atoms in total. The summed E-state index contributed by atoms with van der Waals surface area (Å²) in [5, 5.41) is 12.4. The topological polar surface area (TPSA) is 96.3 Å². The Morgan fingerprint density at radius 3 is 2.69 bits per heavy atom. The van der Waals surface area contributed by atoms with E-state index >= 15 is 0 Å². The van der Waals surface area contributed by atoms with Crippen molar-refractivity contribution in [1.82, 2.24) is 25.3 Å². The Bertz CT molecular complexity index is 978. The summed E-state index contributed by atoms with van der Waals surface area (Å²) in [4.78, 5) is 41.5. The van der Waals surface area contributed by atoms with E-state index in [1.165, 1.54) is 33.4 Å². The summed E-state index contributed by atoms with van der Waals surface area (Å²) in [5.41, 5.74) is -0.535. The molecule has 1 aliphatic heterocycles. The Morgan fingerprint density at radius 1 is 1.25 bits per heavy atom. The van der Waals surface area contributed by atoms with Crippen molar-refractivity contribution < 1.29 is 14.4 Å². The fourth-order valence-corrected chi connectivity index (χ4v) is 5.16. The molecule has 1 saturated carbocycles. The Kier molecular flexibility index (Phi) is 6.64. The van der Waals surface area contributed by atoms with E-state index in [1.54, 1.807) is 25.3 Å². The second kappa shape index (κ2) is 9.44. The van der Waals surface area contributed by atoms with E-state index in [9.17, 15) is 14.4 Å². The Morgan fingerprint density at radius 2 is 2.00 bits per heavy atom. The smallest absolute Gasteiger partial charge is 0.272 e. The first kappa shape index (κ1) is 22.5. The van der Waals surface area contributed by atoms with Crippen LogP contribution in [0.3, 0.4) is 0 Å². The number of carbonyl (C=O) groups excluding carboxylic acids is 3. The average Bonchev–Trinajstić information content (AvgIpc) is 3.37. The van der Waals surface area contributed by atoms with Gasteiger partial charge < -0.3 is 15.5 Å². The number of nitrogens with one attached hydrogen (secondary N) is 2. The quantitative estimate of drug-likeness (QED) is 0.652. The van der Waals surface area contributed by atoms with Gasteiger partial charge in [0, 0.05) is 30.6 Å². The minimum atomic E-state index is -1.06. The fraction of sp³-hybridized carbons (Fsp3) is 0.565. The molecule has 0 aromatic carbocycles. The normalized spacial score (nSPS) is 21.7. The lowest BCUT2D eigenvalue weighted by Gasteiger charge is -2.41. The molecule has 2 aromatic rings. The first-order chi connectivity index (χ1) is 15.4. The highest BCUT2D eigenvalue weighted by molar-refractivity contribution is 7.09. The molecule has 9 heteroatoms. The van der Waals surface area contributed by atoms with Gasteiger partial charge in [-0.2, -0.15) is 5.10 Å².